The highest BCUT2D eigenvalue weighted by Crippen LogP contribution is 2.25. The maximum Gasteiger partial charge on any atom is 0.264 e. The predicted molar refractivity (Wildman–Crippen MR) is 147 cm³/mol. The maximum atomic E-state index is 14.6. The zero-order chi connectivity index (χ0) is 28.0. The average Bonchev–Trinajstić information content (AvgIpc) is 2.86. The third-order valence-electron chi connectivity index (χ3n) is 6.11. The molecule has 0 bridgehead atoms. The maximum absolute atomic E-state index is 14.6. The Balaban J connectivity index is 2.03. The quantitative estimate of drug-likeness (QED) is 0.409. The molecule has 2 amide bonds. The molecule has 0 heterocycles. The van der Waals surface area contributed by atoms with Crippen LogP contribution in [0, 0.1) is 19.7 Å². The first-order valence-electron chi connectivity index (χ1n) is 12.4. The van der Waals surface area contributed by atoms with Crippen LogP contribution in [0.4, 0.5) is 10.1 Å². The van der Waals surface area contributed by atoms with Gasteiger partial charge < -0.3 is 10.2 Å². The van der Waals surface area contributed by atoms with Gasteiger partial charge in [0.2, 0.25) is 11.8 Å². The van der Waals surface area contributed by atoms with E-state index in [2.05, 4.69) is 5.32 Å². The highest BCUT2D eigenvalue weighted by Gasteiger charge is 2.33. The van der Waals surface area contributed by atoms with Crippen molar-refractivity contribution >= 4 is 27.5 Å². The van der Waals surface area contributed by atoms with Gasteiger partial charge in [0.15, 0.2) is 0 Å². The summed E-state index contributed by atoms with van der Waals surface area (Å²) in [6.07, 6.45) is 0. The Bertz CT molecular complexity index is 1370. The van der Waals surface area contributed by atoms with Crippen molar-refractivity contribution in [2.45, 2.75) is 58.1 Å². The van der Waals surface area contributed by atoms with E-state index in [4.69, 9.17) is 0 Å². The number of nitrogens with one attached hydrogen (secondary N) is 1. The Labute approximate surface area is 224 Å². The van der Waals surface area contributed by atoms with Crippen LogP contribution in [0.1, 0.15) is 37.5 Å². The Hall–Kier alpha value is -3.72. The van der Waals surface area contributed by atoms with Crippen LogP contribution in [0.25, 0.3) is 0 Å². The molecular formula is C29H34FN3O4S. The summed E-state index contributed by atoms with van der Waals surface area (Å²) in [5.41, 5.74) is 2.33. The minimum atomic E-state index is -4.15. The Morgan fingerprint density at radius 3 is 1.97 bits per heavy atom. The molecule has 0 aliphatic carbocycles. The molecule has 202 valence electrons. The number of benzene rings is 3. The highest BCUT2D eigenvalue weighted by molar-refractivity contribution is 7.92. The van der Waals surface area contributed by atoms with Gasteiger partial charge in [-0.25, -0.2) is 12.8 Å². The van der Waals surface area contributed by atoms with E-state index in [0.29, 0.717) is 5.69 Å². The molecule has 9 heteroatoms. The number of rotatable bonds is 10. The first-order chi connectivity index (χ1) is 17.9. The van der Waals surface area contributed by atoms with Gasteiger partial charge in [-0.15, -0.1) is 0 Å². The second-order valence-corrected chi connectivity index (χ2v) is 11.5. The standard InChI is InChI=1S/C29H34FN3O4S/c1-20(2)31-29(35)23(5)32(18-24-8-6-7-9-27(24)30)28(34)19-33(25-14-10-21(3)11-15-25)38(36,37)26-16-12-22(4)13-17-26/h6-17,20,23H,18-19H2,1-5H3,(H,31,35). The zero-order valence-corrected chi connectivity index (χ0v) is 23.1. The smallest absolute Gasteiger partial charge is 0.264 e. The molecule has 0 saturated heterocycles. The lowest BCUT2D eigenvalue weighted by atomic mass is 10.1. The van der Waals surface area contributed by atoms with E-state index in [1.165, 1.54) is 35.2 Å². The van der Waals surface area contributed by atoms with Crippen molar-refractivity contribution in [3.05, 3.63) is 95.3 Å². The summed E-state index contributed by atoms with van der Waals surface area (Å²) >= 11 is 0. The van der Waals surface area contributed by atoms with Crippen molar-refractivity contribution in [2.75, 3.05) is 10.8 Å². The van der Waals surface area contributed by atoms with Gasteiger partial charge in [-0.05, 0) is 65.0 Å². The van der Waals surface area contributed by atoms with Crippen LogP contribution in [0.5, 0.6) is 0 Å². The summed E-state index contributed by atoms with van der Waals surface area (Å²) < 4.78 is 43.1. The van der Waals surface area contributed by atoms with Crippen LogP contribution in [0.15, 0.2) is 77.7 Å². The van der Waals surface area contributed by atoms with Gasteiger partial charge in [0.1, 0.15) is 18.4 Å². The number of hydrogen-bond donors (Lipinski definition) is 1. The van der Waals surface area contributed by atoms with Crippen molar-refractivity contribution in [3.8, 4) is 0 Å². The third kappa shape index (κ3) is 6.98. The number of nitrogens with zero attached hydrogens (tertiary/aromatic N) is 2. The first-order valence-corrected chi connectivity index (χ1v) is 13.8. The molecule has 1 N–H and O–H groups in total. The number of anilines is 1. The molecule has 3 rings (SSSR count). The third-order valence-corrected chi connectivity index (χ3v) is 7.89. The Kier molecular flexibility index (Phi) is 9.27. The minimum Gasteiger partial charge on any atom is -0.352 e. The molecule has 3 aromatic rings. The molecule has 0 radical (unpaired) electrons. The fourth-order valence-corrected chi connectivity index (χ4v) is 5.29. The molecule has 0 aliphatic rings. The summed E-state index contributed by atoms with van der Waals surface area (Å²) in [5.74, 6) is -1.59. The lowest BCUT2D eigenvalue weighted by molar-refractivity contribution is -0.139. The predicted octanol–water partition coefficient (Wildman–Crippen LogP) is 4.58. The summed E-state index contributed by atoms with van der Waals surface area (Å²) in [4.78, 5) is 27.9. The molecule has 0 spiro atoms. The number of carbonyl (C=O) groups is 2. The van der Waals surface area contributed by atoms with Gasteiger partial charge in [-0.3, -0.25) is 13.9 Å². The monoisotopic (exact) mass is 539 g/mol. The molecule has 3 aromatic carbocycles. The lowest BCUT2D eigenvalue weighted by Crippen LogP contribution is -2.52. The van der Waals surface area contributed by atoms with E-state index in [0.717, 1.165) is 15.4 Å². The van der Waals surface area contributed by atoms with Crippen LogP contribution < -0.4 is 9.62 Å². The van der Waals surface area contributed by atoms with Gasteiger partial charge in [-0.1, -0.05) is 53.6 Å². The van der Waals surface area contributed by atoms with Crippen molar-refractivity contribution in [3.63, 3.8) is 0 Å². The van der Waals surface area contributed by atoms with Gasteiger partial charge in [0, 0.05) is 18.2 Å². The Morgan fingerprint density at radius 1 is 0.868 bits per heavy atom. The molecule has 38 heavy (non-hydrogen) atoms. The van der Waals surface area contributed by atoms with Crippen molar-refractivity contribution < 1.29 is 22.4 Å². The molecule has 0 saturated carbocycles. The zero-order valence-electron chi connectivity index (χ0n) is 22.3. The van der Waals surface area contributed by atoms with Crippen molar-refractivity contribution in [1.82, 2.24) is 10.2 Å². The van der Waals surface area contributed by atoms with E-state index in [1.54, 1.807) is 63.2 Å². The van der Waals surface area contributed by atoms with Gasteiger partial charge >= 0.3 is 0 Å². The number of hydrogen-bond acceptors (Lipinski definition) is 4. The highest BCUT2D eigenvalue weighted by atomic mass is 32.2. The number of sulfonamides is 1. The topological polar surface area (TPSA) is 86.8 Å². The molecule has 0 aliphatic heterocycles. The SMILES string of the molecule is Cc1ccc(N(CC(=O)N(Cc2ccccc2F)C(C)C(=O)NC(C)C)S(=O)(=O)c2ccc(C)cc2)cc1. The molecule has 1 atom stereocenters. The van der Waals surface area contributed by atoms with Gasteiger partial charge in [-0.2, -0.15) is 0 Å². The first kappa shape index (κ1) is 28.8. The van der Waals surface area contributed by atoms with Crippen LogP contribution >= 0.6 is 0 Å². The van der Waals surface area contributed by atoms with Gasteiger partial charge in [0.25, 0.3) is 10.0 Å². The number of carbonyl (C=O) groups excluding carboxylic acids is 2. The molecule has 7 nitrogen and oxygen atoms in total. The average molecular weight is 540 g/mol. The molecule has 0 aromatic heterocycles. The fourth-order valence-electron chi connectivity index (χ4n) is 3.88. The summed E-state index contributed by atoms with van der Waals surface area (Å²) in [5, 5.41) is 2.77. The normalized spacial score (nSPS) is 12.2. The van der Waals surface area contributed by atoms with E-state index >= 15 is 0 Å². The fraction of sp³-hybridized carbons (Fsp3) is 0.310. The van der Waals surface area contributed by atoms with Crippen molar-refractivity contribution in [2.24, 2.45) is 0 Å². The van der Waals surface area contributed by atoms with Crippen LogP contribution in [-0.4, -0.2) is 43.8 Å². The van der Waals surface area contributed by atoms with E-state index in [1.807, 2.05) is 13.8 Å². The van der Waals surface area contributed by atoms with E-state index in [9.17, 15) is 22.4 Å². The van der Waals surface area contributed by atoms with Crippen molar-refractivity contribution in [1.29, 1.82) is 0 Å². The van der Waals surface area contributed by atoms with E-state index in [-0.39, 0.29) is 23.0 Å². The number of amides is 2. The second kappa shape index (κ2) is 12.2. The van der Waals surface area contributed by atoms with Crippen LogP contribution in [0.2, 0.25) is 0 Å². The largest absolute Gasteiger partial charge is 0.352 e. The second-order valence-electron chi connectivity index (χ2n) is 9.61. The minimum absolute atomic E-state index is 0.0303. The summed E-state index contributed by atoms with van der Waals surface area (Å²) in [6.45, 7) is 8.07. The van der Waals surface area contributed by atoms with E-state index < -0.39 is 40.2 Å². The number of aryl methyl sites for hydroxylation is 2. The van der Waals surface area contributed by atoms with Crippen LogP contribution in [0.3, 0.4) is 0 Å². The summed E-state index contributed by atoms with van der Waals surface area (Å²) in [6, 6.07) is 17.9. The molecule has 0 fully saturated rings. The summed E-state index contributed by atoms with van der Waals surface area (Å²) in [7, 11) is -4.15. The van der Waals surface area contributed by atoms with Crippen LogP contribution in [-0.2, 0) is 26.2 Å². The molecule has 1 unspecified atom stereocenters. The Morgan fingerprint density at radius 2 is 1.42 bits per heavy atom. The number of halogens is 1. The molecular weight excluding hydrogens is 505 g/mol. The lowest BCUT2D eigenvalue weighted by Gasteiger charge is -2.32. The van der Waals surface area contributed by atoms with Gasteiger partial charge in [0.05, 0.1) is 10.6 Å².